The van der Waals surface area contributed by atoms with Crippen LogP contribution in [-0.4, -0.2) is 20.1 Å². The summed E-state index contributed by atoms with van der Waals surface area (Å²) in [7, 11) is -1.31. The summed E-state index contributed by atoms with van der Waals surface area (Å²) in [4.78, 5) is 11.4. The molecule has 1 rings (SSSR count). The van der Waals surface area contributed by atoms with Gasteiger partial charge >= 0.3 is 5.97 Å². The zero-order chi connectivity index (χ0) is 16.4. The third kappa shape index (κ3) is 6.18. The predicted octanol–water partition coefficient (Wildman–Crippen LogP) is 5.15. The normalized spacial score (nSPS) is 13.3. The zero-order valence-electron chi connectivity index (χ0n) is 14.5. The molecule has 0 aliphatic heterocycles. The number of carbonyl (C=O) groups is 1. The van der Waals surface area contributed by atoms with Crippen molar-refractivity contribution in [3.05, 3.63) is 47.7 Å². The molecular weight excluding hydrogens is 288 g/mol. The number of benzene rings is 1. The van der Waals surface area contributed by atoms with Gasteiger partial charge < -0.3 is 4.74 Å². The lowest BCUT2D eigenvalue weighted by Gasteiger charge is -2.24. The number of carbonyl (C=O) groups excluding carboxylic acids is 1. The topological polar surface area (TPSA) is 26.3 Å². The van der Waals surface area contributed by atoms with Gasteiger partial charge in [0.2, 0.25) is 0 Å². The molecule has 1 atom stereocenters. The number of aryl methyl sites for hydroxylation is 1. The molecule has 0 N–H and O–H groups in total. The molecule has 1 unspecified atom stereocenters. The molecule has 1 aromatic carbocycles. The number of hydrogen-bond acceptors (Lipinski definition) is 2. The van der Waals surface area contributed by atoms with Crippen LogP contribution in [0.4, 0.5) is 0 Å². The summed E-state index contributed by atoms with van der Waals surface area (Å²) in [6.45, 7) is 8.35. The first kappa shape index (κ1) is 18.7. The fraction of sp³-hybridized carbons (Fsp3) is 0.526. The molecule has 1 aromatic rings. The van der Waals surface area contributed by atoms with Crippen molar-refractivity contribution in [1.29, 1.82) is 0 Å². The van der Waals surface area contributed by atoms with Gasteiger partial charge in [0.1, 0.15) is 6.10 Å². The SMILES string of the molecule is CC[Si](/C=C/C(CCc1ccccc1)OC(C)=O)(CC)CC. The summed E-state index contributed by atoms with van der Waals surface area (Å²) in [6, 6.07) is 14.1. The van der Waals surface area contributed by atoms with Crippen molar-refractivity contribution in [3.63, 3.8) is 0 Å². The number of rotatable bonds is 9. The molecule has 3 heteroatoms. The van der Waals surface area contributed by atoms with Crippen molar-refractivity contribution >= 4 is 14.0 Å². The van der Waals surface area contributed by atoms with E-state index >= 15 is 0 Å². The second kappa shape index (κ2) is 9.62. The Balaban J connectivity index is 2.73. The van der Waals surface area contributed by atoms with Crippen LogP contribution >= 0.6 is 0 Å². The Kier molecular flexibility index (Phi) is 8.18. The Labute approximate surface area is 136 Å². The maximum absolute atomic E-state index is 11.4. The van der Waals surface area contributed by atoms with E-state index in [9.17, 15) is 4.79 Å². The van der Waals surface area contributed by atoms with Crippen molar-refractivity contribution in [3.8, 4) is 0 Å². The minimum atomic E-state index is -1.31. The van der Waals surface area contributed by atoms with E-state index in [0.29, 0.717) is 0 Å². The minimum absolute atomic E-state index is 0.103. The fourth-order valence-electron chi connectivity index (χ4n) is 2.78. The van der Waals surface area contributed by atoms with Crippen LogP contribution in [0.2, 0.25) is 18.1 Å². The number of ether oxygens (including phenoxy) is 1. The summed E-state index contributed by atoms with van der Waals surface area (Å²) >= 11 is 0. The summed E-state index contributed by atoms with van der Waals surface area (Å²) in [5, 5.41) is 0. The summed E-state index contributed by atoms with van der Waals surface area (Å²) in [6.07, 6.45) is 3.84. The van der Waals surface area contributed by atoms with E-state index in [1.165, 1.54) is 30.6 Å². The van der Waals surface area contributed by atoms with E-state index in [0.717, 1.165) is 12.8 Å². The first-order valence-corrected chi connectivity index (χ1v) is 11.2. The minimum Gasteiger partial charge on any atom is -0.458 e. The Morgan fingerprint density at radius 2 is 1.73 bits per heavy atom. The van der Waals surface area contributed by atoms with Gasteiger partial charge in [0.25, 0.3) is 0 Å². The van der Waals surface area contributed by atoms with Crippen molar-refractivity contribution in [2.24, 2.45) is 0 Å². The van der Waals surface area contributed by atoms with Crippen LogP contribution in [0.1, 0.15) is 39.7 Å². The molecule has 22 heavy (non-hydrogen) atoms. The summed E-state index contributed by atoms with van der Waals surface area (Å²) in [5.74, 6) is -0.195. The lowest BCUT2D eigenvalue weighted by Crippen LogP contribution is -2.29. The number of hydrogen-bond donors (Lipinski definition) is 0. The molecule has 0 amide bonds. The molecule has 0 aliphatic carbocycles. The van der Waals surface area contributed by atoms with Crippen LogP contribution < -0.4 is 0 Å². The van der Waals surface area contributed by atoms with Crippen LogP contribution in [0.15, 0.2) is 42.1 Å². The highest BCUT2D eigenvalue weighted by Crippen LogP contribution is 2.22. The molecule has 0 fully saturated rings. The molecule has 0 saturated carbocycles. The van der Waals surface area contributed by atoms with E-state index in [-0.39, 0.29) is 12.1 Å². The largest absolute Gasteiger partial charge is 0.458 e. The predicted molar refractivity (Wildman–Crippen MR) is 96.7 cm³/mol. The van der Waals surface area contributed by atoms with Crippen LogP contribution in [0.5, 0.6) is 0 Å². The molecule has 0 aliphatic rings. The van der Waals surface area contributed by atoms with E-state index < -0.39 is 8.07 Å². The first-order chi connectivity index (χ1) is 10.5. The molecule has 0 heterocycles. The van der Waals surface area contributed by atoms with Gasteiger partial charge in [0.05, 0.1) is 8.07 Å². The Hall–Kier alpha value is -1.35. The van der Waals surface area contributed by atoms with Gasteiger partial charge in [0, 0.05) is 6.92 Å². The molecule has 0 bridgehead atoms. The standard InChI is InChI=1S/C19H30O2Si/c1-5-22(6-2,7-3)16-15-19(21-17(4)20)14-13-18-11-9-8-10-12-18/h8-12,15-16,19H,5-7,13-14H2,1-4H3/b16-15+. The lowest BCUT2D eigenvalue weighted by molar-refractivity contribution is -0.144. The van der Waals surface area contributed by atoms with Crippen molar-refractivity contribution in [2.45, 2.75) is 64.8 Å². The maximum Gasteiger partial charge on any atom is 0.303 e. The first-order valence-electron chi connectivity index (χ1n) is 8.45. The molecule has 0 radical (unpaired) electrons. The van der Waals surface area contributed by atoms with Gasteiger partial charge in [-0.15, -0.1) is 0 Å². The van der Waals surface area contributed by atoms with Gasteiger partial charge in [0.15, 0.2) is 0 Å². The molecule has 122 valence electrons. The van der Waals surface area contributed by atoms with Gasteiger partial charge in [-0.2, -0.15) is 0 Å². The molecule has 2 nitrogen and oxygen atoms in total. The second-order valence-electron chi connectivity index (χ2n) is 5.95. The highest BCUT2D eigenvalue weighted by molar-refractivity contribution is 6.84. The third-order valence-corrected chi connectivity index (χ3v) is 9.78. The molecule has 0 spiro atoms. The van der Waals surface area contributed by atoms with Crippen molar-refractivity contribution in [1.82, 2.24) is 0 Å². The van der Waals surface area contributed by atoms with E-state index in [1.54, 1.807) is 0 Å². The van der Waals surface area contributed by atoms with E-state index in [2.05, 4.69) is 56.8 Å². The third-order valence-electron chi connectivity index (χ3n) is 4.65. The van der Waals surface area contributed by atoms with Crippen LogP contribution in [0, 0.1) is 0 Å². The monoisotopic (exact) mass is 318 g/mol. The van der Waals surface area contributed by atoms with E-state index in [1.807, 2.05) is 6.07 Å². The summed E-state index contributed by atoms with van der Waals surface area (Å²) < 4.78 is 5.50. The van der Waals surface area contributed by atoms with Crippen molar-refractivity contribution in [2.75, 3.05) is 0 Å². The second-order valence-corrected chi connectivity index (χ2v) is 11.1. The van der Waals surface area contributed by atoms with Crippen molar-refractivity contribution < 1.29 is 9.53 Å². The quantitative estimate of drug-likeness (QED) is 0.464. The zero-order valence-corrected chi connectivity index (χ0v) is 15.5. The van der Waals surface area contributed by atoms with Gasteiger partial charge in [-0.1, -0.05) is 81.0 Å². The van der Waals surface area contributed by atoms with Crippen LogP contribution in [-0.2, 0) is 16.0 Å². The summed E-state index contributed by atoms with van der Waals surface area (Å²) in [5.41, 5.74) is 3.70. The fourth-order valence-corrected chi connectivity index (χ4v) is 5.61. The van der Waals surface area contributed by atoms with Gasteiger partial charge in [-0.25, -0.2) is 0 Å². The molecular formula is C19H30O2Si. The maximum atomic E-state index is 11.4. The van der Waals surface area contributed by atoms with Gasteiger partial charge in [-0.3, -0.25) is 4.79 Å². The van der Waals surface area contributed by atoms with Gasteiger partial charge in [-0.05, 0) is 18.4 Å². The highest BCUT2D eigenvalue weighted by atomic mass is 28.3. The van der Waals surface area contributed by atoms with E-state index in [4.69, 9.17) is 4.74 Å². The lowest BCUT2D eigenvalue weighted by atomic mass is 10.1. The average Bonchev–Trinajstić information content (AvgIpc) is 2.54. The smallest absolute Gasteiger partial charge is 0.303 e. The highest BCUT2D eigenvalue weighted by Gasteiger charge is 2.23. The average molecular weight is 319 g/mol. The Bertz CT molecular complexity index is 455. The number of esters is 1. The Morgan fingerprint density at radius 1 is 1.14 bits per heavy atom. The Morgan fingerprint density at radius 3 is 2.23 bits per heavy atom. The molecule has 0 saturated heterocycles. The van der Waals surface area contributed by atoms with Crippen LogP contribution in [0.25, 0.3) is 0 Å². The van der Waals surface area contributed by atoms with Crippen LogP contribution in [0.3, 0.4) is 0 Å². The molecule has 0 aromatic heterocycles.